The van der Waals surface area contributed by atoms with Gasteiger partial charge in [-0.05, 0) is 43.2 Å². The lowest BCUT2D eigenvalue weighted by Crippen LogP contribution is -2.50. The molecule has 1 heterocycles. The molecule has 0 spiro atoms. The van der Waals surface area contributed by atoms with Crippen molar-refractivity contribution in [3.8, 4) is 5.75 Å². The van der Waals surface area contributed by atoms with Crippen LogP contribution in [0.3, 0.4) is 0 Å². The number of anilines is 2. The van der Waals surface area contributed by atoms with Gasteiger partial charge >= 0.3 is 6.03 Å². The van der Waals surface area contributed by atoms with Gasteiger partial charge in [-0.2, -0.15) is 0 Å². The predicted octanol–water partition coefficient (Wildman–Crippen LogP) is 3.67. The van der Waals surface area contributed by atoms with Crippen molar-refractivity contribution in [3.05, 3.63) is 53.6 Å². The number of hydrogen-bond donors (Lipinski definition) is 1. The first kappa shape index (κ1) is 17.1. The zero-order valence-corrected chi connectivity index (χ0v) is 15.1. The summed E-state index contributed by atoms with van der Waals surface area (Å²) in [7, 11) is 1.61. The number of para-hydroxylation sites is 2. The Morgan fingerprint density at radius 2 is 1.76 bits per heavy atom. The van der Waals surface area contributed by atoms with Gasteiger partial charge in [-0.1, -0.05) is 24.3 Å². The monoisotopic (exact) mass is 339 g/mol. The molecule has 0 bridgehead atoms. The SMILES string of the molecule is COc1ccccc1NC(=O)N1CCN(c2cc(C)ccc2C)CC1. The first-order chi connectivity index (χ1) is 12.1. The average Bonchev–Trinajstić information content (AvgIpc) is 2.64. The zero-order chi connectivity index (χ0) is 17.8. The van der Waals surface area contributed by atoms with Crippen LogP contribution in [0.4, 0.5) is 16.2 Å². The van der Waals surface area contributed by atoms with Crippen LogP contribution in [0.2, 0.25) is 0 Å². The fourth-order valence-corrected chi connectivity index (χ4v) is 3.15. The molecule has 5 nitrogen and oxygen atoms in total. The normalized spacial score (nSPS) is 14.4. The van der Waals surface area contributed by atoms with Gasteiger partial charge in [0.2, 0.25) is 0 Å². The molecule has 0 atom stereocenters. The number of piperazine rings is 1. The van der Waals surface area contributed by atoms with Gasteiger partial charge in [-0.15, -0.1) is 0 Å². The van der Waals surface area contributed by atoms with Gasteiger partial charge in [0.25, 0.3) is 0 Å². The standard InChI is InChI=1S/C20H25N3O2/c1-15-8-9-16(2)18(14-15)22-10-12-23(13-11-22)20(24)21-17-6-4-5-7-19(17)25-3/h4-9,14H,10-13H2,1-3H3,(H,21,24). The molecule has 0 unspecified atom stereocenters. The summed E-state index contributed by atoms with van der Waals surface area (Å²) in [4.78, 5) is 16.8. The van der Waals surface area contributed by atoms with E-state index in [1.165, 1.54) is 16.8 Å². The lowest BCUT2D eigenvalue weighted by molar-refractivity contribution is 0.208. The zero-order valence-electron chi connectivity index (χ0n) is 15.1. The summed E-state index contributed by atoms with van der Waals surface area (Å²) in [6, 6.07) is 13.9. The number of rotatable bonds is 3. The molecule has 1 fully saturated rings. The van der Waals surface area contributed by atoms with Crippen molar-refractivity contribution in [3.63, 3.8) is 0 Å². The fraction of sp³-hybridized carbons (Fsp3) is 0.350. The van der Waals surface area contributed by atoms with Crippen LogP contribution in [0.5, 0.6) is 5.75 Å². The molecule has 0 aromatic heterocycles. The highest BCUT2D eigenvalue weighted by Gasteiger charge is 2.22. The number of benzene rings is 2. The Morgan fingerprint density at radius 1 is 1.04 bits per heavy atom. The fourth-order valence-electron chi connectivity index (χ4n) is 3.15. The quantitative estimate of drug-likeness (QED) is 0.928. The van der Waals surface area contributed by atoms with Crippen molar-refractivity contribution in [2.75, 3.05) is 43.5 Å². The van der Waals surface area contributed by atoms with Crippen LogP contribution in [-0.4, -0.2) is 44.2 Å². The number of aryl methyl sites for hydroxylation is 2. The van der Waals surface area contributed by atoms with Gasteiger partial charge in [0.05, 0.1) is 12.8 Å². The van der Waals surface area contributed by atoms with Gasteiger partial charge in [0, 0.05) is 31.9 Å². The first-order valence-electron chi connectivity index (χ1n) is 8.59. The Balaban J connectivity index is 1.62. The van der Waals surface area contributed by atoms with E-state index in [4.69, 9.17) is 4.74 Å². The molecule has 5 heteroatoms. The van der Waals surface area contributed by atoms with Crippen molar-refractivity contribution < 1.29 is 9.53 Å². The number of ether oxygens (including phenoxy) is 1. The van der Waals surface area contributed by atoms with Crippen molar-refractivity contribution in [2.24, 2.45) is 0 Å². The number of urea groups is 1. The minimum atomic E-state index is -0.0786. The summed E-state index contributed by atoms with van der Waals surface area (Å²) in [6.07, 6.45) is 0. The first-order valence-corrected chi connectivity index (χ1v) is 8.59. The second-order valence-corrected chi connectivity index (χ2v) is 6.39. The highest BCUT2D eigenvalue weighted by Crippen LogP contribution is 2.25. The van der Waals surface area contributed by atoms with E-state index in [2.05, 4.69) is 42.3 Å². The van der Waals surface area contributed by atoms with Crippen molar-refractivity contribution >= 4 is 17.4 Å². The van der Waals surface area contributed by atoms with Crippen LogP contribution >= 0.6 is 0 Å². The molecule has 2 aromatic carbocycles. The predicted molar refractivity (Wildman–Crippen MR) is 102 cm³/mol. The molecule has 0 aliphatic carbocycles. The summed E-state index contributed by atoms with van der Waals surface area (Å²) in [5.74, 6) is 0.671. The molecule has 2 amide bonds. The van der Waals surface area contributed by atoms with Crippen LogP contribution < -0.4 is 15.0 Å². The van der Waals surface area contributed by atoms with Crippen LogP contribution in [0.25, 0.3) is 0 Å². The maximum atomic E-state index is 12.5. The lowest BCUT2D eigenvalue weighted by atomic mass is 10.1. The Bertz CT molecular complexity index is 752. The smallest absolute Gasteiger partial charge is 0.322 e. The van der Waals surface area contributed by atoms with Crippen LogP contribution in [0.15, 0.2) is 42.5 Å². The molecule has 1 aliphatic rings. The highest BCUT2D eigenvalue weighted by atomic mass is 16.5. The van der Waals surface area contributed by atoms with Crippen molar-refractivity contribution in [1.82, 2.24) is 4.90 Å². The second-order valence-electron chi connectivity index (χ2n) is 6.39. The Morgan fingerprint density at radius 3 is 2.48 bits per heavy atom. The van der Waals surface area contributed by atoms with E-state index >= 15 is 0 Å². The Kier molecular flexibility index (Phi) is 5.12. The summed E-state index contributed by atoms with van der Waals surface area (Å²) < 4.78 is 5.29. The third-order valence-electron chi connectivity index (χ3n) is 4.62. The number of carbonyl (C=O) groups excluding carboxylic acids is 1. The topological polar surface area (TPSA) is 44.8 Å². The van der Waals surface area contributed by atoms with Crippen LogP contribution in [0.1, 0.15) is 11.1 Å². The molecule has 3 rings (SSSR count). The van der Waals surface area contributed by atoms with Crippen molar-refractivity contribution in [2.45, 2.75) is 13.8 Å². The van der Waals surface area contributed by atoms with E-state index < -0.39 is 0 Å². The Hall–Kier alpha value is -2.69. The van der Waals surface area contributed by atoms with Crippen LogP contribution in [-0.2, 0) is 0 Å². The van der Waals surface area contributed by atoms with E-state index in [0.717, 1.165) is 13.1 Å². The number of nitrogens with one attached hydrogen (secondary N) is 1. The molecule has 1 saturated heterocycles. The number of hydrogen-bond acceptors (Lipinski definition) is 3. The van der Waals surface area contributed by atoms with Gasteiger partial charge < -0.3 is 19.9 Å². The van der Waals surface area contributed by atoms with Gasteiger partial charge in [0.1, 0.15) is 5.75 Å². The maximum Gasteiger partial charge on any atom is 0.322 e. The largest absolute Gasteiger partial charge is 0.495 e. The van der Waals surface area contributed by atoms with Crippen molar-refractivity contribution in [1.29, 1.82) is 0 Å². The van der Waals surface area contributed by atoms with E-state index in [-0.39, 0.29) is 6.03 Å². The summed E-state index contributed by atoms with van der Waals surface area (Å²) in [5.41, 5.74) is 4.51. The summed E-state index contributed by atoms with van der Waals surface area (Å²) in [5, 5.41) is 2.95. The third kappa shape index (κ3) is 3.87. The molecule has 0 radical (unpaired) electrons. The second kappa shape index (κ2) is 7.47. The van der Waals surface area contributed by atoms with E-state index in [9.17, 15) is 4.79 Å². The average molecular weight is 339 g/mol. The number of amides is 2. The molecule has 1 aliphatic heterocycles. The molecule has 2 aromatic rings. The molecule has 25 heavy (non-hydrogen) atoms. The Labute approximate surface area is 149 Å². The maximum absolute atomic E-state index is 12.5. The lowest BCUT2D eigenvalue weighted by Gasteiger charge is -2.37. The van der Waals surface area contributed by atoms with E-state index in [1.54, 1.807) is 7.11 Å². The van der Waals surface area contributed by atoms with Gasteiger partial charge in [0.15, 0.2) is 0 Å². The molecule has 132 valence electrons. The van der Waals surface area contributed by atoms with Gasteiger partial charge in [-0.25, -0.2) is 4.79 Å². The number of nitrogens with zero attached hydrogens (tertiary/aromatic N) is 2. The molecule has 0 saturated carbocycles. The van der Waals surface area contributed by atoms with Gasteiger partial charge in [-0.3, -0.25) is 0 Å². The molecular weight excluding hydrogens is 314 g/mol. The molecule has 1 N–H and O–H groups in total. The third-order valence-corrected chi connectivity index (χ3v) is 4.62. The van der Waals surface area contributed by atoms with E-state index in [1.807, 2.05) is 29.2 Å². The minimum Gasteiger partial charge on any atom is -0.495 e. The highest BCUT2D eigenvalue weighted by molar-refractivity contribution is 5.91. The number of methoxy groups -OCH3 is 1. The number of carbonyl (C=O) groups is 1. The minimum absolute atomic E-state index is 0.0786. The molecular formula is C20H25N3O2. The van der Waals surface area contributed by atoms with Crippen LogP contribution in [0, 0.1) is 13.8 Å². The van der Waals surface area contributed by atoms with E-state index in [0.29, 0.717) is 24.5 Å². The summed E-state index contributed by atoms with van der Waals surface area (Å²) in [6.45, 7) is 7.32. The summed E-state index contributed by atoms with van der Waals surface area (Å²) >= 11 is 0.